The van der Waals surface area contributed by atoms with Crippen molar-refractivity contribution in [1.29, 1.82) is 0 Å². The molecule has 0 saturated heterocycles. The molecule has 0 aliphatic carbocycles. The van der Waals surface area contributed by atoms with Crippen LogP contribution in [0.15, 0.2) is 48.5 Å². The average molecular weight is 239 g/mol. The van der Waals surface area contributed by atoms with Crippen LogP contribution in [0.3, 0.4) is 0 Å². The molecule has 1 atom stereocenters. The predicted molar refractivity (Wildman–Crippen MR) is 78.6 cm³/mol. The van der Waals surface area contributed by atoms with Gasteiger partial charge in [-0.3, -0.25) is 0 Å². The lowest BCUT2D eigenvalue weighted by molar-refractivity contribution is 0.819. The Balaban J connectivity index is 2.33. The highest BCUT2D eigenvalue weighted by atomic mass is 14.6. The Labute approximate surface area is 110 Å². The van der Waals surface area contributed by atoms with Gasteiger partial charge >= 0.3 is 0 Å². The zero-order valence-corrected chi connectivity index (χ0v) is 11.4. The monoisotopic (exact) mass is 239 g/mol. The molecule has 0 fully saturated rings. The van der Waals surface area contributed by atoms with Crippen LogP contribution < -0.4 is 5.73 Å². The summed E-state index contributed by atoms with van der Waals surface area (Å²) in [5, 5.41) is 0. The molecule has 18 heavy (non-hydrogen) atoms. The Morgan fingerprint density at radius 3 is 2.00 bits per heavy atom. The van der Waals surface area contributed by atoms with Crippen molar-refractivity contribution in [3.05, 3.63) is 59.7 Å². The van der Waals surface area contributed by atoms with E-state index in [0.29, 0.717) is 5.92 Å². The van der Waals surface area contributed by atoms with Crippen molar-refractivity contribution in [2.75, 3.05) is 0 Å². The van der Waals surface area contributed by atoms with E-state index in [1.54, 1.807) is 0 Å². The third kappa shape index (κ3) is 2.80. The molecule has 0 aromatic heterocycles. The minimum atomic E-state index is 0.0832. The van der Waals surface area contributed by atoms with Crippen LogP contribution in [0.25, 0.3) is 11.1 Å². The van der Waals surface area contributed by atoms with E-state index in [2.05, 4.69) is 62.4 Å². The standard InChI is InChI=1S/C17H21N/c1-12(2)14-7-9-15(10-8-14)17-6-4-5-16(11-17)13(3)18/h4-13H,18H2,1-3H3. The number of nitrogens with two attached hydrogens (primary N) is 1. The van der Waals surface area contributed by atoms with E-state index in [0.717, 1.165) is 0 Å². The predicted octanol–water partition coefficient (Wildman–Crippen LogP) is 4.50. The van der Waals surface area contributed by atoms with E-state index in [1.165, 1.54) is 22.3 Å². The summed E-state index contributed by atoms with van der Waals surface area (Å²) in [5.74, 6) is 0.578. The number of benzene rings is 2. The summed E-state index contributed by atoms with van der Waals surface area (Å²) in [4.78, 5) is 0. The lowest BCUT2D eigenvalue weighted by Crippen LogP contribution is -2.04. The van der Waals surface area contributed by atoms with Gasteiger partial charge < -0.3 is 5.73 Å². The smallest absolute Gasteiger partial charge is 0.0266 e. The lowest BCUT2D eigenvalue weighted by Gasteiger charge is -2.10. The minimum Gasteiger partial charge on any atom is -0.324 e. The molecular formula is C17H21N. The minimum absolute atomic E-state index is 0.0832. The van der Waals surface area contributed by atoms with Gasteiger partial charge in [-0.2, -0.15) is 0 Å². The Bertz CT molecular complexity index is 509. The van der Waals surface area contributed by atoms with Crippen LogP contribution in [0.2, 0.25) is 0 Å². The number of hydrogen-bond donors (Lipinski definition) is 1. The van der Waals surface area contributed by atoms with Gasteiger partial charge in [-0.05, 0) is 41.2 Å². The highest BCUT2D eigenvalue weighted by Crippen LogP contribution is 2.24. The van der Waals surface area contributed by atoms with Crippen LogP contribution in [-0.2, 0) is 0 Å². The molecule has 0 amide bonds. The van der Waals surface area contributed by atoms with Gasteiger partial charge in [0.25, 0.3) is 0 Å². The molecule has 2 aromatic carbocycles. The van der Waals surface area contributed by atoms with Crippen molar-refractivity contribution in [3.63, 3.8) is 0 Å². The van der Waals surface area contributed by atoms with Gasteiger partial charge in [0.05, 0.1) is 0 Å². The van der Waals surface area contributed by atoms with E-state index in [1.807, 2.05) is 6.92 Å². The second-order valence-corrected chi connectivity index (χ2v) is 5.19. The topological polar surface area (TPSA) is 26.0 Å². The molecule has 2 rings (SSSR count). The summed E-state index contributed by atoms with van der Waals surface area (Å²) in [5.41, 5.74) is 11.0. The molecule has 0 aliphatic rings. The van der Waals surface area contributed by atoms with E-state index < -0.39 is 0 Å². The first-order valence-corrected chi connectivity index (χ1v) is 6.54. The van der Waals surface area contributed by atoms with Gasteiger partial charge in [0.15, 0.2) is 0 Å². The van der Waals surface area contributed by atoms with Gasteiger partial charge in [-0.1, -0.05) is 56.3 Å². The summed E-state index contributed by atoms with van der Waals surface area (Å²) in [6.45, 7) is 6.44. The molecule has 0 radical (unpaired) electrons. The maximum Gasteiger partial charge on any atom is 0.0266 e. The molecule has 0 heterocycles. The van der Waals surface area contributed by atoms with Crippen molar-refractivity contribution in [3.8, 4) is 11.1 Å². The molecule has 1 nitrogen and oxygen atoms in total. The van der Waals surface area contributed by atoms with E-state index in [4.69, 9.17) is 5.73 Å². The Hall–Kier alpha value is -1.60. The molecular weight excluding hydrogens is 218 g/mol. The molecule has 1 unspecified atom stereocenters. The highest BCUT2D eigenvalue weighted by Gasteiger charge is 2.03. The van der Waals surface area contributed by atoms with Crippen LogP contribution in [0.1, 0.15) is 43.9 Å². The van der Waals surface area contributed by atoms with Gasteiger partial charge in [-0.25, -0.2) is 0 Å². The second-order valence-electron chi connectivity index (χ2n) is 5.19. The lowest BCUT2D eigenvalue weighted by atomic mass is 9.97. The molecule has 1 heteroatoms. The quantitative estimate of drug-likeness (QED) is 0.838. The first-order chi connectivity index (χ1) is 8.58. The summed E-state index contributed by atoms with van der Waals surface area (Å²) in [6.07, 6.45) is 0. The van der Waals surface area contributed by atoms with Crippen molar-refractivity contribution >= 4 is 0 Å². The van der Waals surface area contributed by atoms with Crippen LogP contribution in [0.4, 0.5) is 0 Å². The third-order valence-corrected chi connectivity index (χ3v) is 3.32. The third-order valence-electron chi connectivity index (χ3n) is 3.32. The fourth-order valence-electron chi connectivity index (χ4n) is 2.06. The van der Waals surface area contributed by atoms with Gasteiger partial charge in [0.2, 0.25) is 0 Å². The Kier molecular flexibility index (Phi) is 3.83. The normalized spacial score (nSPS) is 12.7. The summed E-state index contributed by atoms with van der Waals surface area (Å²) in [6, 6.07) is 17.3. The van der Waals surface area contributed by atoms with E-state index in [9.17, 15) is 0 Å². The Morgan fingerprint density at radius 2 is 1.44 bits per heavy atom. The van der Waals surface area contributed by atoms with Crippen molar-refractivity contribution < 1.29 is 0 Å². The zero-order valence-electron chi connectivity index (χ0n) is 11.4. The fraction of sp³-hybridized carbons (Fsp3) is 0.294. The second kappa shape index (κ2) is 5.36. The fourth-order valence-corrected chi connectivity index (χ4v) is 2.06. The number of rotatable bonds is 3. The first-order valence-electron chi connectivity index (χ1n) is 6.54. The highest BCUT2D eigenvalue weighted by molar-refractivity contribution is 5.64. The van der Waals surface area contributed by atoms with Crippen LogP contribution >= 0.6 is 0 Å². The van der Waals surface area contributed by atoms with Crippen molar-refractivity contribution in [2.45, 2.75) is 32.7 Å². The summed E-state index contributed by atoms with van der Waals surface area (Å²) >= 11 is 0. The SMILES string of the molecule is CC(C)c1ccc(-c2cccc(C(C)N)c2)cc1. The average Bonchev–Trinajstić information content (AvgIpc) is 2.39. The Morgan fingerprint density at radius 1 is 0.778 bits per heavy atom. The molecule has 0 spiro atoms. The molecule has 0 saturated carbocycles. The van der Waals surface area contributed by atoms with Crippen LogP contribution in [0, 0.1) is 0 Å². The van der Waals surface area contributed by atoms with Crippen molar-refractivity contribution in [1.82, 2.24) is 0 Å². The molecule has 94 valence electrons. The molecule has 2 N–H and O–H groups in total. The first kappa shape index (κ1) is 12.8. The van der Waals surface area contributed by atoms with Crippen LogP contribution in [-0.4, -0.2) is 0 Å². The number of hydrogen-bond acceptors (Lipinski definition) is 1. The van der Waals surface area contributed by atoms with Crippen molar-refractivity contribution in [2.24, 2.45) is 5.73 Å². The molecule has 2 aromatic rings. The largest absolute Gasteiger partial charge is 0.324 e. The summed E-state index contributed by atoms with van der Waals surface area (Å²) in [7, 11) is 0. The van der Waals surface area contributed by atoms with E-state index >= 15 is 0 Å². The van der Waals surface area contributed by atoms with Gasteiger partial charge in [-0.15, -0.1) is 0 Å². The van der Waals surface area contributed by atoms with Gasteiger partial charge in [0, 0.05) is 6.04 Å². The molecule has 0 aliphatic heterocycles. The maximum absolute atomic E-state index is 5.92. The van der Waals surface area contributed by atoms with E-state index in [-0.39, 0.29) is 6.04 Å². The zero-order chi connectivity index (χ0) is 13.1. The van der Waals surface area contributed by atoms with Crippen LogP contribution in [0.5, 0.6) is 0 Å². The summed E-state index contributed by atoms with van der Waals surface area (Å²) < 4.78 is 0. The maximum atomic E-state index is 5.92. The molecule has 0 bridgehead atoms. The van der Waals surface area contributed by atoms with Gasteiger partial charge in [0.1, 0.15) is 0 Å².